The van der Waals surface area contributed by atoms with Gasteiger partial charge in [-0.25, -0.2) is 4.39 Å². The Balaban J connectivity index is 1.86. The van der Waals surface area contributed by atoms with Crippen LogP contribution in [0.25, 0.3) is 10.9 Å². The summed E-state index contributed by atoms with van der Waals surface area (Å²) in [5.74, 6) is 1.37. The first kappa shape index (κ1) is 16.7. The fourth-order valence-corrected chi connectivity index (χ4v) is 3.85. The number of benzene rings is 2. The fourth-order valence-electron chi connectivity index (χ4n) is 2.77. The lowest BCUT2D eigenvalue weighted by Gasteiger charge is -2.27. The lowest BCUT2D eigenvalue weighted by molar-refractivity contribution is 0.406. The molecule has 1 aliphatic heterocycles. The number of aromatic nitrogens is 1. The summed E-state index contributed by atoms with van der Waals surface area (Å²) < 4.78 is 15.5. The van der Waals surface area contributed by atoms with Crippen LogP contribution in [0.4, 0.5) is 15.8 Å². The van der Waals surface area contributed by atoms with Crippen LogP contribution in [0.15, 0.2) is 46.6 Å². The minimum absolute atomic E-state index is 0.0206. The van der Waals surface area contributed by atoms with E-state index in [4.69, 9.17) is 23.2 Å². The third kappa shape index (κ3) is 2.88. The first-order valence-corrected chi connectivity index (χ1v) is 9.43. The van der Waals surface area contributed by atoms with E-state index >= 15 is 0 Å². The average Bonchev–Trinajstić information content (AvgIpc) is 2.80. The second kappa shape index (κ2) is 6.52. The molecule has 0 amide bonds. The first-order chi connectivity index (χ1) is 12.1. The van der Waals surface area contributed by atoms with Gasteiger partial charge in [0, 0.05) is 16.9 Å². The zero-order valence-corrected chi connectivity index (χ0v) is 15.1. The second-order valence-electron chi connectivity index (χ2n) is 5.67. The van der Waals surface area contributed by atoms with Gasteiger partial charge in [-0.3, -0.25) is 0 Å². The zero-order valence-electron chi connectivity index (χ0n) is 12.8. The van der Waals surface area contributed by atoms with Crippen LogP contribution in [0.2, 0.25) is 10.0 Å². The van der Waals surface area contributed by atoms with Crippen LogP contribution in [-0.2, 0) is 0 Å². The van der Waals surface area contributed by atoms with Gasteiger partial charge in [0.05, 0.1) is 21.6 Å². The van der Waals surface area contributed by atoms with Gasteiger partial charge in [-0.1, -0.05) is 29.3 Å². The van der Waals surface area contributed by atoms with Gasteiger partial charge in [-0.2, -0.15) is 11.8 Å². The molecular formula is C17H12Cl2FN3OS. The number of rotatable bonds is 3. The minimum Gasteiger partial charge on any atom is -0.493 e. The van der Waals surface area contributed by atoms with Crippen molar-refractivity contribution in [3.05, 3.63) is 52.3 Å². The maximum atomic E-state index is 13.7. The van der Waals surface area contributed by atoms with Crippen molar-refractivity contribution in [1.29, 1.82) is 0 Å². The Kier molecular flexibility index (Phi) is 4.35. The standard InChI is InChI=1S/C17H12Cl2FN3OS/c18-12-2-1-3-13(15(12)19)21-22-16-11-6-9(20)4-5-14(11)23(17(16)24)10-7-25-8-10/h1-6,10,24H,7-8H2. The Labute approximate surface area is 157 Å². The highest BCUT2D eigenvalue weighted by atomic mass is 35.5. The van der Waals surface area contributed by atoms with E-state index in [1.807, 2.05) is 0 Å². The Morgan fingerprint density at radius 1 is 1.16 bits per heavy atom. The fraction of sp³-hybridized carbons (Fsp3) is 0.176. The maximum Gasteiger partial charge on any atom is 0.221 e. The van der Waals surface area contributed by atoms with E-state index in [0.717, 1.165) is 17.0 Å². The Hall–Kier alpha value is -1.76. The highest BCUT2D eigenvalue weighted by molar-refractivity contribution is 8.00. The van der Waals surface area contributed by atoms with E-state index in [1.54, 1.807) is 40.6 Å². The Bertz CT molecular complexity index is 1000. The molecule has 8 heteroatoms. The molecule has 1 aromatic heterocycles. The molecule has 1 saturated heterocycles. The first-order valence-electron chi connectivity index (χ1n) is 7.52. The molecule has 3 aromatic rings. The van der Waals surface area contributed by atoms with Crippen LogP contribution in [0.5, 0.6) is 5.88 Å². The normalized spacial score (nSPS) is 15.2. The molecule has 2 aromatic carbocycles. The molecule has 1 N–H and O–H groups in total. The predicted molar refractivity (Wildman–Crippen MR) is 101 cm³/mol. The summed E-state index contributed by atoms with van der Waals surface area (Å²) in [5.41, 5.74) is 1.34. The van der Waals surface area contributed by atoms with Crippen LogP contribution in [0.3, 0.4) is 0 Å². The van der Waals surface area contributed by atoms with Gasteiger partial charge in [0.2, 0.25) is 5.88 Å². The van der Waals surface area contributed by atoms with Crippen molar-refractivity contribution in [2.75, 3.05) is 11.5 Å². The summed E-state index contributed by atoms with van der Waals surface area (Å²) in [6.07, 6.45) is 0. The summed E-state index contributed by atoms with van der Waals surface area (Å²) in [7, 11) is 0. The number of thioether (sulfide) groups is 1. The third-order valence-electron chi connectivity index (χ3n) is 4.09. The maximum absolute atomic E-state index is 13.7. The molecule has 0 unspecified atom stereocenters. The van der Waals surface area contributed by atoms with E-state index in [1.165, 1.54) is 12.1 Å². The van der Waals surface area contributed by atoms with E-state index in [0.29, 0.717) is 16.1 Å². The molecular weight excluding hydrogens is 384 g/mol. The molecule has 0 aliphatic carbocycles. The number of hydrogen-bond donors (Lipinski definition) is 1. The number of fused-ring (bicyclic) bond motifs is 1. The van der Waals surface area contributed by atoms with Crippen LogP contribution < -0.4 is 0 Å². The van der Waals surface area contributed by atoms with Crippen molar-refractivity contribution >= 4 is 57.2 Å². The highest BCUT2D eigenvalue weighted by Gasteiger charge is 2.27. The summed E-state index contributed by atoms with van der Waals surface area (Å²) in [4.78, 5) is 0. The molecule has 25 heavy (non-hydrogen) atoms. The van der Waals surface area contributed by atoms with Crippen molar-refractivity contribution in [2.45, 2.75) is 6.04 Å². The van der Waals surface area contributed by atoms with Crippen molar-refractivity contribution < 1.29 is 9.50 Å². The molecule has 128 valence electrons. The van der Waals surface area contributed by atoms with Gasteiger partial charge in [0.1, 0.15) is 11.5 Å². The van der Waals surface area contributed by atoms with E-state index < -0.39 is 5.82 Å². The lowest BCUT2D eigenvalue weighted by Crippen LogP contribution is -2.22. The van der Waals surface area contributed by atoms with Crippen molar-refractivity contribution in [3.63, 3.8) is 0 Å². The molecule has 1 aliphatic rings. The second-order valence-corrected chi connectivity index (χ2v) is 7.53. The topological polar surface area (TPSA) is 49.9 Å². The third-order valence-corrected chi connectivity index (χ3v) is 6.14. The van der Waals surface area contributed by atoms with Crippen LogP contribution in [0.1, 0.15) is 6.04 Å². The van der Waals surface area contributed by atoms with Gasteiger partial charge in [0.15, 0.2) is 5.69 Å². The molecule has 0 bridgehead atoms. The molecule has 4 rings (SSSR count). The summed E-state index contributed by atoms with van der Waals surface area (Å²) in [5, 5.41) is 20.1. The van der Waals surface area contributed by atoms with Crippen LogP contribution in [0, 0.1) is 5.82 Å². The number of aromatic hydroxyl groups is 1. The van der Waals surface area contributed by atoms with E-state index in [-0.39, 0.29) is 22.6 Å². The SMILES string of the molecule is Oc1c(N=Nc2cccc(Cl)c2Cl)c2cc(F)ccc2n1C1CSC1. The summed E-state index contributed by atoms with van der Waals surface area (Å²) >= 11 is 13.9. The zero-order chi connectivity index (χ0) is 17.6. The number of nitrogens with zero attached hydrogens (tertiary/aromatic N) is 3. The number of halogens is 3. The van der Waals surface area contributed by atoms with Gasteiger partial charge >= 0.3 is 0 Å². The molecule has 0 saturated carbocycles. The van der Waals surface area contributed by atoms with Crippen LogP contribution >= 0.6 is 35.0 Å². The lowest BCUT2D eigenvalue weighted by atomic mass is 10.2. The van der Waals surface area contributed by atoms with Gasteiger partial charge in [0.25, 0.3) is 0 Å². The highest BCUT2D eigenvalue weighted by Crippen LogP contribution is 2.45. The molecule has 2 heterocycles. The average molecular weight is 396 g/mol. The Morgan fingerprint density at radius 3 is 2.68 bits per heavy atom. The van der Waals surface area contributed by atoms with Gasteiger partial charge < -0.3 is 9.67 Å². The van der Waals surface area contributed by atoms with Crippen molar-refractivity contribution in [2.24, 2.45) is 10.2 Å². The van der Waals surface area contributed by atoms with Crippen LogP contribution in [-0.4, -0.2) is 21.2 Å². The Morgan fingerprint density at radius 2 is 1.96 bits per heavy atom. The molecule has 0 spiro atoms. The van der Waals surface area contributed by atoms with Crippen molar-refractivity contribution in [1.82, 2.24) is 4.57 Å². The smallest absolute Gasteiger partial charge is 0.221 e. The summed E-state index contributed by atoms with van der Waals surface area (Å²) in [6.45, 7) is 0. The molecule has 4 nitrogen and oxygen atoms in total. The quantitative estimate of drug-likeness (QED) is 0.514. The molecule has 1 fully saturated rings. The molecule has 0 radical (unpaired) electrons. The number of azo groups is 1. The monoisotopic (exact) mass is 395 g/mol. The summed E-state index contributed by atoms with van der Waals surface area (Å²) in [6, 6.07) is 9.56. The van der Waals surface area contributed by atoms with Gasteiger partial charge in [-0.05, 0) is 30.3 Å². The van der Waals surface area contributed by atoms with E-state index in [9.17, 15) is 9.50 Å². The van der Waals surface area contributed by atoms with Gasteiger partial charge in [-0.15, -0.1) is 10.2 Å². The number of hydrogen-bond acceptors (Lipinski definition) is 4. The van der Waals surface area contributed by atoms with E-state index in [2.05, 4.69) is 10.2 Å². The predicted octanol–water partition coefficient (Wildman–Crippen LogP) is 6.50. The largest absolute Gasteiger partial charge is 0.493 e. The minimum atomic E-state index is -0.398. The molecule has 0 atom stereocenters. The van der Waals surface area contributed by atoms with Crippen molar-refractivity contribution in [3.8, 4) is 5.88 Å².